The fourth-order valence-electron chi connectivity index (χ4n) is 2.76. The van der Waals surface area contributed by atoms with Gasteiger partial charge in [-0.25, -0.2) is 4.98 Å². The van der Waals surface area contributed by atoms with Crippen molar-refractivity contribution < 1.29 is 14.1 Å². The summed E-state index contributed by atoms with van der Waals surface area (Å²) in [5.74, 6) is -0.201. The summed E-state index contributed by atoms with van der Waals surface area (Å²) >= 11 is 0. The number of hydrogen-bond donors (Lipinski definition) is 0. The Hall–Kier alpha value is -4.13. The molecule has 28 heavy (non-hydrogen) atoms. The van der Waals surface area contributed by atoms with Gasteiger partial charge in [-0.3, -0.25) is 19.9 Å². The molecule has 0 atom stereocenters. The molecule has 0 spiro atoms. The van der Waals surface area contributed by atoms with Crippen LogP contribution in [0.2, 0.25) is 0 Å². The van der Waals surface area contributed by atoms with Crippen molar-refractivity contribution in [2.24, 2.45) is 0 Å². The zero-order chi connectivity index (χ0) is 19.5. The van der Waals surface area contributed by atoms with Crippen molar-refractivity contribution in [3.63, 3.8) is 0 Å². The second-order valence-corrected chi connectivity index (χ2v) is 5.97. The van der Waals surface area contributed by atoms with Gasteiger partial charge in [0.25, 0.3) is 5.69 Å². The number of pyridine rings is 1. The van der Waals surface area contributed by atoms with E-state index in [1.54, 1.807) is 42.6 Å². The number of non-ortho nitro benzene ring substituents is 1. The molecule has 0 fully saturated rings. The highest BCUT2D eigenvalue weighted by atomic mass is 16.6. The molecule has 0 unspecified atom stereocenters. The van der Waals surface area contributed by atoms with E-state index in [1.807, 2.05) is 12.1 Å². The number of para-hydroxylation sites is 2. The average molecular weight is 371 g/mol. The van der Waals surface area contributed by atoms with Crippen molar-refractivity contribution >= 4 is 34.2 Å². The fourth-order valence-corrected chi connectivity index (χ4v) is 2.76. The average Bonchev–Trinajstić information content (AvgIpc) is 3.16. The van der Waals surface area contributed by atoms with Gasteiger partial charge >= 0.3 is 0 Å². The number of oxazole rings is 1. The van der Waals surface area contributed by atoms with E-state index in [0.29, 0.717) is 22.2 Å². The summed E-state index contributed by atoms with van der Waals surface area (Å²) in [4.78, 5) is 32.1. The van der Waals surface area contributed by atoms with Crippen molar-refractivity contribution in [1.29, 1.82) is 0 Å². The number of benzene rings is 2. The lowest BCUT2D eigenvalue weighted by atomic mass is 10.0. The Balaban J connectivity index is 1.87. The van der Waals surface area contributed by atoms with Gasteiger partial charge in [-0.15, -0.1) is 0 Å². The lowest BCUT2D eigenvalue weighted by molar-refractivity contribution is -0.384. The highest BCUT2D eigenvalue weighted by Gasteiger charge is 2.20. The molecule has 0 radical (unpaired) electrons. The molecule has 0 amide bonds. The van der Waals surface area contributed by atoms with Gasteiger partial charge in [-0.1, -0.05) is 24.3 Å². The summed E-state index contributed by atoms with van der Waals surface area (Å²) in [6, 6.07) is 16.5. The molecule has 0 bridgehead atoms. The van der Waals surface area contributed by atoms with E-state index in [2.05, 4.69) is 9.97 Å². The first-order valence-electron chi connectivity index (χ1n) is 8.38. The first-order chi connectivity index (χ1) is 13.6. The summed E-state index contributed by atoms with van der Waals surface area (Å²) in [6.45, 7) is 0. The Morgan fingerprint density at radius 2 is 1.93 bits per heavy atom. The van der Waals surface area contributed by atoms with E-state index in [9.17, 15) is 14.9 Å². The standard InChI is InChI=1S/C21H13N3O4/c25-20(15-6-4-10-22-13-15)17(12-14-5-3-7-16(11-14)24(26)27)21-23-18-8-1-2-9-19(18)28-21/h1-13H. The summed E-state index contributed by atoms with van der Waals surface area (Å²) < 4.78 is 5.77. The number of ketones is 1. The summed E-state index contributed by atoms with van der Waals surface area (Å²) in [5.41, 5.74) is 2.12. The molecule has 0 aliphatic rings. The Bertz CT molecular complexity index is 1180. The second-order valence-electron chi connectivity index (χ2n) is 5.97. The Kier molecular flexibility index (Phi) is 4.47. The zero-order valence-electron chi connectivity index (χ0n) is 14.5. The van der Waals surface area contributed by atoms with Gasteiger partial charge < -0.3 is 4.42 Å². The number of nitro benzene ring substituents is 1. The highest BCUT2D eigenvalue weighted by molar-refractivity contribution is 6.31. The van der Waals surface area contributed by atoms with Crippen LogP contribution in [0.15, 0.2) is 77.5 Å². The molecule has 2 aromatic carbocycles. The molecule has 2 aromatic heterocycles. The van der Waals surface area contributed by atoms with Crippen molar-refractivity contribution in [3.8, 4) is 0 Å². The zero-order valence-corrected chi connectivity index (χ0v) is 14.5. The van der Waals surface area contributed by atoms with Crippen molar-refractivity contribution in [2.75, 3.05) is 0 Å². The monoisotopic (exact) mass is 371 g/mol. The Morgan fingerprint density at radius 1 is 1.07 bits per heavy atom. The number of Topliss-reactive ketones (excluding diaryl/α,β-unsaturated/α-hetero) is 1. The largest absolute Gasteiger partial charge is 0.436 e. The summed E-state index contributed by atoms with van der Waals surface area (Å²) in [5, 5.41) is 11.1. The maximum Gasteiger partial charge on any atom is 0.270 e. The van der Waals surface area contributed by atoms with Crippen LogP contribution in [0.4, 0.5) is 5.69 Å². The van der Waals surface area contributed by atoms with Gasteiger partial charge in [0.05, 0.1) is 10.5 Å². The molecule has 7 heteroatoms. The van der Waals surface area contributed by atoms with E-state index >= 15 is 0 Å². The number of carbonyl (C=O) groups excluding carboxylic acids is 1. The van der Waals surface area contributed by atoms with Crippen LogP contribution >= 0.6 is 0 Å². The number of hydrogen-bond acceptors (Lipinski definition) is 6. The van der Waals surface area contributed by atoms with Gasteiger partial charge in [0.2, 0.25) is 5.89 Å². The van der Waals surface area contributed by atoms with Crippen molar-refractivity contribution in [3.05, 3.63) is 100 Å². The smallest absolute Gasteiger partial charge is 0.270 e. The van der Waals surface area contributed by atoms with Crippen LogP contribution in [0, 0.1) is 10.1 Å². The minimum absolute atomic E-state index is 0.0699. The Morgan fingerprint density at radius 3 is 2.68 bits per heavy atom. The minimum Gasteiger partial charge on any atom is -0.436 e. The van der Waals surface area contributed by atoms with Crippen molar-refractivity contribution in [2.45, 2.75) is 0 Å². The third-order valence-corrected chi connectivity index (χ3v) is 4.08. The molecule has 4 rings (SSSR count). The van der Waals surface area contributed by atoms with Crippen LogP contribution in [-0.2, 0) is 0 Å². The SMILES string of the molecule is O=C(C(=Cc1cccc([N+](=O)[O-])c1)c1nc2ccccc2o1)c1cccnc1. The number of nitrogens with zero attached hydrogens (tertiary/aromatic N) is 3. The second kappa shape index (κ2) is 7.24. The quantitative estimate of drug-likeness (QED) is 0.221. The van der Waals surface area contributed by atoms with Gasteiger partial charge in [0, 0.05) is 30.1 Å². The maximum absolute atomic E-state index is 13.1. The first kappa shape index (κ1) is 17.3. The number of carbonyl (C=O) groups is 1. The Labute approximate surface area is 159 Å². The molecular weight excluding hydrogens is 358 g/mol. The molecule has 4 aromatic rings. The molecule has 0 saturated heterocycles. The number of rotatable bonds is 5. The normalized spacial score (nSPS) is 11.5. The number of nitro groups is 1. The maximum atomic E-state index is 13.1. The van der Waals surface area contributed by atoms with E-state index in [0.717, 1.165) is 0 Å². The van der Waals surface area contributed by atoms with E-state index < -0.39 is 4.92 Å². The van der Waals surface area contributed by atoms with Gasteiger partial charge in [0.1, 0.15) is 5.52 Å². The molecule has 136 valence electrons. The molecule has 0 aliphatic carbocycles. The highest BCUT2D eigenvalue weighted by Crippen LogP contribution is 2.27. The third kappa shape index (κ3) is 3.41. The van der Waals surface area contributed by atoms with Gasteiger partial charge in [0.15, 0.2) is 11.4 Å². The number of allylic oxidation sites excluding steroid dienone is 1. The molecule has 0 aliphatic heterocycles. The van der Waals surface area contributed by atoms with Crippen LogP contribution in [0.25, 0.3) is 22.7 Å². The number of fused-ring (bicyclic) bond motifs is 1. The van der Waals surface area contributed by atoms with Gasteiger partial charge in [-0.2, -0.15) is 0 Å². The molecule has 7 nitrogen and oxygen atoms in total. The lowest BCUT2D eigenvalue weighted by Crippen LogP contribution is -2.03. The van der Waals surface area contributed by atoms with E-state index in [1.165, 1.54) is 24.4 Å². The fraction of sp³-hybridized carbons (Fsp3) is 0. The van der Waals surface area contributed by atoms with Crippen LogP contribution in [0.5, 0.6) is 0 Å². The van der Waals surface area contributed by atoms with Gasteiger partial charge in [-0.05, 0) is 35.9 Å². The summed E-state index contributed by atoms with van der Waals surface area (Å²) in [7, 11) is 0. The van der Waals surface area contributed by atoms with Crippen molar-refractivity contribution in [1.82, 2.24) is 9.97 Å². The lowest BCUT2D eigenvalue weighted by Gasteiger charge is -2.04. The first-order valence-corrected chi connectivity index (χ1v) is 8.38. The molecular formula is C21H13N3O4. The molecule has 0 saturated carbocycles. The number of aromatic nitrogens is 2. The summed E-state index contributed by atoms with van der Waals surface area (Å²) in [6.07, 6.45) is 4.56. The molecule has 2 heterocycles. The molecule has 0 N–H and O–H groups in total. The van der Waals surface area contributed by atoms with Crippen LogP contribution < -0.4 is 0 Å². The topological polar surface area (TPSA) is 99.1 Å². The van der Waals surface area contributed by atoms with E-state index in [4.69, 9.17) is 4.42 Å². The van der Waals surface area contributed by atoms with Crippen LogP contribution in [0.1, 0.15) is 21.8 Å². The predicted molar refractivity (Wildman–Crippen MR) is 104 cm³/mol. The third-order valence-electron chi connectivity index (χ3n) is 4.08. The predicted octanol–water partition coefficient (Wildman–Crippen LogP) is 4.55. The van der Waals surface area contributed by atoms with Crippen LogP contribution in [-0.4, -0.2) is 20.7 Å². The minimum atomic E-state index is -0.487. The van der Waals surface area contributed by atoms with E-state index in [-0.39, 0.29) is 22.9 Å². The van der Waals surface area contributed by atoms with Crippen LogP contribution in [0.3, 0.4) is 0 Å².